The molecule has 3 nitrogen and oxygen atoms in total. The number of hydrogen-bond donors (Lipinski definition) is 2. The van der Waals surface area contributed by atoms with Gasteiger partial charge in [-0.25, -0.2) is 4.98 Å². The number of nitrogens with one attached hydrogen (secondary N) is 2. The first-order chi connectivity index (χ1) is 7.34. The van der Waals surface area contributed by atoms with Gasteiger partial charge in [-0.1, -0.05) is 18.0 Å². The van der Waals surface area contributed by atoms with E-state index in [0.29, 0.717) is 11.2 Å². The number of rotatable bonds is 3. The molecule has 82 valence electrons. The maximum atomic E-state index is 5.80. The van der Waals surface area contributed by atoms with Gasteiger partial charge in [0.25, 0.3) is 0 Å². The van der Waals surface area contributed by atoms with Crippen molar-refractivity contribution in [3.05, 3.63) is 23.5 Å². The van der Waals surface area contributed by atoms with Crippen molar-refractivity contribution in [1.82, 2.24) is 10.3 Å². The molecular formula is C11H16ClN3. The molecule has 0 spiro atoms. The van der Waals surface area contributed by atoms with E-state index in [2.05, 4.69) is 15.6 Å². The van der Waals surface area contributed by atoms with Crippen LogP contribution in [0.1, 0.15) is 19.3 Å². The molecule has 2 rings (SSSR count). The van der Waals surface area contributed by atoms with Crippen LogP contribution in [0, 0.1) is 0 Å². The molecule has 1 saturated heterocycles. The summed E-state index contributed by atoms with van der Waals surface area (Å²) in [6.45, 7) is 2.10. The summed E-state index contributed by atoms with van der Waals surface area (Å²) in [4.78, 5) is 3.94. The van der Waals surface area contributed by atoms with Gasteiger partial charge < -0.3 is 10.6 Å². The van der Waals surface area contributed by atoms with Gasteiger partial charge >= 0.3 is 0 Å². The molecule has 1 unspecified atom stereocenters. The lowest BCUT2D eigenvalue weighted by atomic mass is 10.1. The summed E-state index contributed by atoms with van der Waals surface area (Å²) < 4.78 is 0. The molecule has 1 aromatic rings. The molecular weight excluding hydrogens is 210 g/mol. The molecule has 1 aromatic heterocycles. The van der Waals surface area contributed by atoms with Gasteiger partial charge in [0, 0.05) is 24.5 Å². The Bertz CT molecular complexity index is 310. The van der Waals surface area contributed by atoms with E-state index in [9.17, 15) is 0 Å². The molecule has 0 amide bonds. The first-order valence-electron chi connectivity index (χ1n) is 5.43. The summed E-state index contributed by atoms with van der Waals surface area (Å²) in [7, 11) is 0. The molecule has 15 heavy (non-hydrogen) atoms. The third kappa shape index (κ3) is 3.36. The Morgan fingerprint density at radius 1 is 1.53 bits per heavy atom. The van der Waals surface area contributed by atoms with Crippen molar-refractivity contribution in [1.29, 1.82) is 0 Å². The minimum atomic E-state index is 0.539. The van der Waals surface area contributed by atoms with Crippen molar-refractivity contribution in [2.45, 2.75) is 25.3 Å². The Kier molecular flexibility index (Phi) is 3.80. The van der Waals surface area contributed by atoms with Gasteiger partial charge in [-0.15, -0.1) is 0 Å². The zero-order valence-corrected chi connectivity index (χ0v) is 9.43. The van der Waals surface area contributed by atoms with Gasteiger partial charge in [-0.2, -0.15) is 0 Å². The predicted octanol–water partition coefficient (Wildman–Crippen LogP) is 2.29. The first-order valence-corrected chi connectivity index (χ1v) is 5.81. The zero-order valence-electron chi connectivity index (χ0n) is 8.67. The average Bonchev–Trinajstić information content (AvgIpc) is 2.28. The normalized spacial score (nSPS) is 21.3. The van der Waals surface area contributed by atoms with Crippen LogP contribution in [0.15, 0.2) is 18.3 Å². The fourth-order valence-corrected chi connectivity index (χ4v) is 2.03. The fourth-order valence-electron chi connectivity index (χ4n) is 1.85. The molecule has 0 aromatic carbocycles. The maximum Gasteiger partial charge on any atom is 0.131 e. The van der Waals surface area contributed by atoms with Crippen molar-refractivity contribution in [2.75, 3.05) is 18.4 Å². The molecule has 1 aliphatic heterocycles. The molecule has 0 aliphatic carbocycles. The standard InChI is InChI=1S/C11H16ClN3/c12-11-7-9(4-6-14-11)15-8-10-3-1-2-5-13-10/h4,6-7,10,13H,1-3,5,8H2,(H,14,15). The summed E-state index contributed by atoms with van der Waals surface area (Å²) in [5.74, 6) is 0. The number of piperidine rings is 1. The Labute approximate surface area is 95.2 Å². The van der Waals surface area contributed by atoms with Crippen molar-refractivity contribution in [2.24, 2.45) is 0 Å². The van der Waals surface area contributed by atoms with E-state index >= 15 is 0 Å². The molecule has 2 heterocycles. The highest BCUT2D eigenvalue weighted by Crippen LogP contribution is 2.13. The Hall–Kier alpha value is -0.800. The highest BCUT2D eigenvalue weighted by atomic mass is 35.5. The molecule has 4 heteroatoms. The van der Waals surface area contributed by atoms with E-state index in [-0.39, 0.29) is 0 Å². The lowest BCUT2D eigenvalue weighted by Crippen LogP contribution is -2.39. The van der Waals surface area contributed by atoms with Crippen molar-refractivity contribution in [3.63, 3.8) is 0 Å². The van der Waals surface area contributed by atoms with Crippen molar-refractivity contribution < 1.29 is 0 Å². The van der Waals surface area contributed by atoms with Gasteiger partial charge in [0.1, 0.15) is 5.15 Å². The van der Waals surface area contributed by atoms with E-state index in [1.807, 2.05) is 12.1 Å². The highest BCUT2D eigenvalue weighted by molar-refractivity contribution is 6.29. The molecule has 0 saturated carbocycles. The van der Waals surface area contributed by atoms with Gasteiger partial charge in [-0.3, -0.25) is 0 Å². The summed E-state index contributed by atoms with van der Waals surface area (Å²) >= 11 is 5.80. The highest BCUT2D eigenvalue weighted by Gasteiger charge is 2.11. The third-order valence-corrected chi connectivity index (χ3v) is 2.90. The minimum Gasteiger partial charge on any atom is -0.383 e. The van der Waals surface area contributed by atoms with Crippen LogP contribution < -0.4 is 10.6 Å². The van der Waals surface area contributed by atoms with E-state index in [1.54, 1.807) is 6.20 Å². The van der Waals surface area contributed by atoms with Crippen LogP contribution in [-0.2, 0) is 0 Å². The summed E-state index contributed by atoms with van der Waals surface area (Å²) in [5.41, 5.74) is 1.04. The van der Waals surface area contributed by atoms with Crippen LogP contribution in [0.3, 0.4) is 0 Å². The van der Waals surface area contributed by atoms with Crippen LogP contribution in [0.25, 0.3) is 0 Å². The number of nitrogens with zero attached hydrogens (tertiary/aromatic N) is 1. The van der Waals surface area contributed by atoms with Crippen LogP contribution in [-0.4, -0.2) is 24.1 Å². The monoisotopic (exact) mass is 225 g/mol. The first kappa shape index (κ1) is 10.7. The van der Waals surface area contributed by atoms with E-state index in [1.165, 1.54) is 19.3 Å². The largest absolute Gasteiger partial charge is 0.383 e. The smallest absolute Gasteiger partial charge is 0.131 e. The fraction of sp³-hybridized carbons (Fsp3) is 0.545. The minimum absolute atomic E-state index is 0.539. The lowest BCUT2D eigenvalue weighted by Gasteiger charge is -2.24. The number of anilines is 1. The summed E-state index contributed by atoms with van der Waals surface area (Å²) in [6, 6.07) is 4.38. The van der Waals surface area contributed by atoms with E-state index < -0.39 is 0 Å². The zero-order chi connectivity index (χ0) is 10.5. The van der Waals surface area contributed by atoms with E-state index in [4.69, 9.17) is 11.6 Å². The Morgan fingerprint density at radius 2 is 2.47 bits per heavy atom. The van der Waals surface area contributed by atoms with Gasteiger partial charge in [-0.05, 0) is 31.5 Å². The molecule has 1 fully saturated rings. The lowest BCUT2D eigenvalue weighted by molar-refractivity contribution is 0.414. The van der Waals surface area contributed by atoms with Crippen LogP contribution in [0.4, 0.5) is 5.69 Å². The molecule has 0 radical (unpaired) electrons. The van der Waals surface area contributed by atoms with Crippen molar-refractivity contribution >= 4 is 17.3 Å². The summed E-state index contributed by atoms with van der Waals surface area (Å²) in [5, 5.41) is 7.40. The quantitative estimate of drug-likeness (QED) is 0.776. The molecule has 1 aliphatic rings. The van der Waals surface area contributed by atoms with Gasteiger partial charge in [0.05, 0.1) is 0 Å². The number of halogens is 1. The summed E-state index contributed by atoms with van der Waals surface area (Å²) in [6.07, 6.45) is 5.61. The predicted molar refractivity (Wildman–Crippen MR) is 63.4 cm³/mol. The number of hydrogen-bond acceptors (Lipinski definition) is 3. The Morgan fingerprint density at radius 3 is 3.20 bits per heavy atom. The topological polar surface area (TPSA) is 37.0 Å². The average molecular weight is 226 g/mol. The van der Waals surface area contributed by atoms with Gasteiger partial charge in [0.15, 0.2) is 0 Å². The number of pyridine rings is 1. The van der Waals surface area contributed by atoms with Crippen LogP contribution >= 0.6 is 11.6 Å². The third-order valence-electron chi connectivity index (χ3n) is 2.69. The second kappa shape index (κ2) is 5.33. The Balaban J connectivity index is 1.81. The second-order valence-electron chi connectivity index (χ2n) is 3.89. The number of aromatic nitrogens is 1. The van der Waals surface area contributed by atoms with Crippen molar-refractivity contribution in [3.8, 4) is 0 Å². The SMILES string of the molecule is Clc1cc(NCC2CCCCN2)ccn1. The van der Waals surface area contributed by atoms with E-state index in [0.717, 1.165) is 18.8 Å². The maximum absolute atomic E-state index is 5.80. The second-order valence-corrected chi connectivity index (χ2v) is 4.28. The molecule has 0 bridgehead atoms. The molecule has 1 atom stereocenters. The van der Waals surface area contributed by atoms with Gasteiger partial charge in [0.2, 0.25) is 0 Å². The van der Waals surface area contributed by atoms with Crippen LogP contribution in [0.2, 0.25) is 5.15 Å². The van der Waals surface area contributed by atoms with Crippen LogP contribution in [0.5, 0.6) is 0 Å². The molecule has 2 N–H and O–H groups in total.